The van der Waals surface area contributed by atoms with E-state index in [1.54, 1.807) is 18.3 Å². The molecule has 0 unspecified atom stereocenters. The monoisotopic (exact) mass is 318 g/mol. The molecule has 16 heavy (non-hydrogen) atoms. The lowest BCUT2D eigenvalue weighted by atomic mass is 10.4. The Kier molecular flexibility index (Phi) is 3.78. The van der Waals surface area contributed by atoms with Gasteiger partial charge in [0.2, 0.25) is 5.28 Å². The van der Waals surface area contributed by atoms with Crippen molar-refractivity contribution in [1.82, 2.24) is 9.97 Å². The zero-order valence-electron chi connectivity index (χ0n) is 7.82. The molecule has 0 bridgehead atoms. The Hall–Kier alpha value is -0.650. The van der Waals surface area contributed by atoms with Gasteiger partial charge >= 0.3 is 0 Å². The third-order valence-corrected chi connectivity index (χ3v) is 3.75. The Morgan fingerprint density at radius 2 is 1.94 bits per heavy atom. The van der Waals surface area contributed by atoms with Crippen LogP contribution in [0.3, 0.4) is 0 Å². The summed E-state index contributed by atoms with van der Waals surface area (Å²) in [5.41, 5.74) is 0. The second-order valence-electron chi connectivity index (χ2n) is 2.85. The zero-order chi connectivity index (χ0) is 11.5. The van der Waals surface area contributed by atoms with Gasteiger partial charge in [0.1, 0.15) is 10.8 Å². The first-order valence-corrected chi connectivity index (χ1v) is 6.25. The van der Waals surface area contributed by atoms with Crippen molar-refractivity contribution in [2.75, 3.05) is 0 Å². The lowest BCUT2D eigenvalue weighted by molar-refractivity contribution is 0.626. The van der Waals surface area contributed by atoms with E-state index in [0.29, 0.717) is 5.03 Å². The second-order valence-corrected chi connectivity index (χ2v) is 5.10. The van der Waals surface area contributed by atoms with Crippen LogP contribution in [0.15, 0.2) is 44.9 Å². The standard InChI is InChI=1S/C10H5BrClFN2S/c11-8-5-14-10(12)15-9(8)16-7-3-1-6(13)2-4-7/h1-5H. The highest BCUT2D eigenvalue weighted by Crippen LogP contribution is 2.31. The molecule has 1 aromatic carbocycles. The van der Waals surface area contributed by atoms with Crippen molar-refractivity contribution >= 4 is 39.3 Å². The van der Waals surface area contributed by atoms with Crippen LogP contribution < -0.4 is 0 Å². The van der Waals surface area contributed by atoms with Crippen molar-refractivity contribution < 1.29 is 4.39 Å². The fourth-order valence-corrected chi connectivity index (χ4v) is 2.41. The van der Waals surface area contributed by atoms with Crippen molar-refractivity contribution in [2.45, 2.75) is 9.92 Å². The molecular weight excluding hydrogens is 315 g/mol. The highest BCUT2D eigenvalue weighted by atomic mass is 79.9. The first-order valence-electron chi connectivity index (χ1n) is 4.26. The van der Waals surface area contributed by atoms with Gasteiger partial charge in [0, 0.05) is 11.1 Å². The van der Waals surface area contributed by atoms with Gasteiger partial charge in [-0.05, 0) is 51.8 Å². The molecule has 0 radical (unpaired) electrons. The Morgan fingerprint density at radius 1 is 1.25 bits per heavy atom. The van der Waals surface area contributed by atoms with E-state index >= 15 is 0 Å². The molecule has 6 heteroatoms. The van der Waals surface area contributed by atoms with Crippen molar-refractivity contribution in [3.05, 3.63) is 46.0 Å². The van der Waals surface area contributed by atoms with E-state index in [9.17, 15) is 4.39 Å². The number of aromatic nitrogens is 2. The van der Waals surface area contributed by atoms with Crippen LogP contribution in [-0.2, 0) is 0 Å². The molecule has 0 atom stereocenters. The van der Waals surface area contributed by atoms with Crippen LogP contribution in [0.1, 0.15) is 0 Å². The normalized spacial score (nSPS) is 10.4. The number of hydrogen-bond acceptors (Lipinski definition) is 3. The second kappa shape index (κ2) is 5.12. The minimum absolute atomic E-state index is 0.188. The van der Waals surface area contributed by atoms with E-state index in [1.165, 1.54) is 23.9 Å². The van der Waals surface area contributed by atoms with Crippen LogP contribution in [0.25, 0.3) is 0 Å². The van der Waals surface area contributed by atoms with Gasteiger partial charge in [0.25, 0.3) is 0 Å². The van der Waals surface area contributed by atoms with Crippen LogP contribution in [0.2, 0.25) is 5.28 Å². The molecule has 0 amide bonds. The van der Waals surface area contributed by atoms with Crippen molar-refractivity contribution in [3.63, 3.8) is 0 Å². The van der Waals surface area contributed by atoms with E-state index in [-0.39, 0.29) is 11.1 Å². The summed E-state index contributed by atoms with van der Waals surface area (Å²) in [5, 5.41) is 0.888. The molecule has 0 saturated heterocycles. The smallest absolute Gasteiger partial charge is 0.223 e. The Bertz CT molecular complexity index is 507. The highest BCUT2D eigenvalue weighted by Gasteiger charge is 2.06. The molecule has 2 rings (SSSR count). The summed E-state index contributed by atoms with van der Waals surface area (Å²) in [6.07, 6.45) is 1.58. The minimum Gasteiger partial charge on any atom is -0.225 e. The summed E-state index contributed by atoms with van der Waals surface area (Å²) in [4.78, 5) is 8.78. The van der Waals surface area contributed by atoms with Gasteiger partial charge in [-0.3, -0.25) is 0 Å². The SMILES string of the molecule is Fc1ccc(Sc2nc(Cl)ncc2Br)cc1. The van der Waals surface area contributed by atoms with Gasteiger partial charge in [-0.25, -0.2) is 14.4 Å². The van der Waals surface area contributed by atoms with E-state index in [2.05, 4.69) is 25.9 Å². The van der Waals surface area contributed by atoms with Gasteiger partial charge in [-0.1, -0.05) is 11.8 Å². The number of hydrogen-bond donors (Lipinski definition) is 0. The maximum absolute atomic E-state index is 12.7. The lowest BCUT2D eigenvalue weighted by Gasteiger charge is -2.02. The molecule has 0 fully saturated rings. The van der Waals surface area contributed by atoms with Gasteiger partial charge in [-0.15, -0.1) is 0 Å². The molecule has 2 aromatic rings. The maximum Gasteiger partial charge on any atom is 0.223 e. The van der Waals surface area contributed by atoms with Gasteiger partial charge in [0.05, 0.1) is 4.47 Å². The largest absolute Gasteiger partial charge is 0.225 e. The topological polar surface area (TPSA) is 25.8 Å². The summed E-state index contributed by atoms with van der Waals surface area (Å²) in [5.74, 6) is -0.260. The summed E-state index contributed by atoms with van der Waals surface area (Å²) in [7, 11) is 0. The summed E-state index contributed by atoms with van der Waals surface area (Å²) in [6.45, 7) is 0. The van der Waals surface area contributed by atoms with E-state index in [0.717, 1.165) is 9.37 Å². The summed E-state index contributed by atoms with van der Waals surface area (Å²) >= 11 is 10.4. The molecule has 0 aliphatic rings. The van der Waals surface area contributed by atoms with Crippen LogP contribution in [0.4, 0.5) is 4.39 Å². The maximum atomic E-state index is 12.7. The lowest BCUT2D eigenvalue weighted by Crippen LogP contribution is -1.86. The number of rotatable bonds is 2. The zero-order valence-corrected chi connectivity index (χ0v) is 11.0. The molecule has 82 valence electrons. The van der Waals surface area contributed by atoms with E-state index < -0.39 is 0 Å². The van der Waals surface area contributed by atoms with Crippen LogP contribution >= 0.6 is 39.3 Å². The van der Waals surface area contributed by atoms with Crippen molar-refractivity contribution in [3.8, 4) is 0 Å². The first-order chi connectivity index (χ1) is 7.65. The third-order valence-electron chi connectivity index (χ3n) is 1.71. The minimum atomic E-state index is -0.260. The summed E-state index contributed by atoms with van der Waals surface area (Å²) < 4.78 is 13.5. The molecule has 0 N–H and O–H groups in total. The molecule has 0 saturated carbocycles. The first kappa shape index (κ1) is 11.8. The number of halogens is 3. The fourth-order valence-electron chi connectivity index (χ4n) is 1.02. The average Bonchev–Trinajstić information content (AvgIpc) is 2.27. The molecule has 2 nitrogen and oxygen atoms in total. The molecule has 0 aliphatic carbocycles. The fraction of sp³-hybridized carbons (Fsp3) is 0. The molecule has 0 aliphatic heterocycles. The quantitative estimate of drug-likeness (QED) is 0.613. The molecule has 1 heterocycles. The van der Waals surface area contributed by atoms with Gasteiger partial charge in [0.15, 0.2) is 0 Å². The van der Waals surface area contributed by atoms with Crippen molar-refractivity contribution in [1.29, 1.82) is 0 Å². The number of nitrogens with zero attached hydrogens (tertiary/aromatic N) is 2. The van der Waals surface area contributed by atoms with Gasteiger partial charge < -0.3 is 0 Å². The molecule has 0 spiro atoms. The predicted molar refractivity (Wildman–Crippen MR) is 65.3 cm³/mol. The van der Waals surface area contributed by atoms with E-state index in [1.807, 2.05) is 0 Å². The Balaban J connectivity index is 2.26. The van der Waals surface area contributed by atoms with Crippen LogP contribution in [0, 0.1) is 5.82 Å². The average molecular weight is 320 g/mol. The highest BCUT2D eigenvalue weighted by molar-refractivity contribution is 9.10. The predicted octanol–water partition coefficient (Wildman–Crippen LogP) is 4.18. The third kappa shape index (κ3) is 2.93. The molecule has 1 aromatic heterocycles. The van der Waals surface area contributed by atoms with Crippen LogP contribution in [0.5, 0.6) is 0 Å². The van der Waals surface area contributed by atoms with Crippen molar-refractivity contribution in [2.24, 2.45) is 0 Å². The Labute approximate surface area is 109 Å². The number of benzene rings is 1. The van der Waals surface area contributed by atoms with Gasteiger partial charge in [-0.2, -0.15) is 0 Å². The Morgan fingerprint density at radius 3 is 2.62 bits per heavy atom. The van der Waals surface area contributed by atoms with E-state index in [4.69, 9.17) is 11.6 Å². The van der Waals surface area contributed by atoms with Crippen LogP contribution in [-0.4, -0.2) is 9.97 Å². The summed E-state index contributed by atoms with van der Waals surface area (Å²) in [6, 6.07) is 6.17. The molecular formula is C10H5BrClFN2S.